The largest absolute Gasteiger partial charge is 0.452 e. The number of fused-ring (bicyclic) bond motifs is 4. The van der Waals surface area contributed by atoms with E-state index in [-0.39, 0.29) is 0 Å². The van der Waals surface area contributed by atoms with Gasteiger partial charge in [-0.05, 0) is 37.8 Å². The molecule has 2 saturated heterocycles. The zero-order chi connectivity index (χ0) is 21.2. The lowest BCUT2D eigenvalue weighted by atomic mass is 10.00. The molecule has 0 saturated carbocycles. The first kappa shape index (κ1) is 18.4. The zero-order valence-corrected chi connectivity index (χ0v) is 18.2. The van der Waals surface area contributed by atoms with Gasteiger partial charge in [-0.25, -0.2) is 4.98 Å². The fourth-order valence-electron chi connectivity index (χ4n) is 5.40. The van der Waals surface area contributed by atoms with Crippen LogP contribution in [0.2, 0.25) is 0 Å². The average molecular weight is 443 g/mol. The van der Waals surface area contributed by atoms with Crippen molar-refractivity contribution in [2.45, 2.75) is 43.8 Å². The molecule has 3 N–H and O–H groups in total. The summed E-state index contributed by atoms with van der Waals surface area (Å²) in [7, 11) is 0. The minimum Gasteiger partial charge on any atom is -0.452 e. The van der Waals surface area contributed by atoms with Crippen molar-refractivity contribution in [2.75, 3.05) is 5.73 Å². The molecule has 2 bridgehead atoms. The lowest BCUT2D eigenvalue weighted by molar-refractivity contribution is 0.281. The highest BCUT2D eigenvalue weighted by Gasteiger charge is 2.34. The van der Waals surface area contributed by atoms with Crippen LogP contribution in [0.15, 0.2) is 52.9 Å². The van der Waals surface area contributed by atoms with Crippen molar-refractivity contribution in [1.82, 2.24) is 25.1 Å². The van der Waals surface area contributed by atoms with E-state index in [9.17, 15) is 0 Å². The number of nitrogens with one attached hydrogen (secondary N) is 1. The van der Waals surface area contributed by atoms with Gasteiger partial charge < -0.3 is 15.5 Å². The molecule has 0 amide bonds. The molecule has 0 aliphatic carbocycles. The van der Waals surface area contributed by atoms with Crippen molar-refractivity contribution < 1.29 is 4.42 Å². The number of rotatable bonds is 3. The number of aromatic nitrogens is 4. The van der Waals surface area contributed by atoms with Crippen LogP contribution in [-0.2, 0) is 0 Å². The van der Waals surface area contributed by atoms with Crippen LogP contribution >= 0.6 is 11.3 Å². The molecule has 8 heteroatoms. The van der Waals surface area contributed by atoms with Crippen LogP contribution in [0.25, 0.3) is 43.5 Å². The first-order valence-corrected chi connectivity index (χ1v) is 11.9. The SMILES string of the molecule is Nc1ncc(-c2cnn(C3CC4CCC(C3)N4)c2)c2cc(-c3csc4cnccc34)oc12. The van der Waals surface area contributed by atoms with E-state index in [1.165, 1.54) is 12.8 Å². The number of nitrogens with zero attached hydrogens (tertiary/aromatic N) is 4. The first-order valence-electron chi connectivity index (χ1n) is 11.0. The molecule has 0 radical (unpaired) electrons. The molecule has 7 rings (SSSR count). The third kappa shape index (κ3) is 2.79. The minimum atomic E-state index is 0.401. The van der Waals surface area contributed by atoms with E-state index in [2.05, 4.69) is 37.6 Å². The molecule has 7 heterocycles. The number of nitrogen functional groups attached to an aromatic ring is 1. The highest BCUT2D eigenvalue weighted by molar-refractivity contribution is 7.17. The molecular weight excluding hydrogens is 420 g/mol. The molecule has 5 aromatic heterocycles. The van der Waals surface area contributed by atoms with Gasteiger partial charge in [0.05, 0.1) is 16.9 Å². The van der Waals surface area contributed by atoms with Crippen molar-refractivity contribution >= 4 is 38.2 Å². The third-order valence-electron chi connectivity index (χ3n) is 6.97. The van der Waals surface area contributed by atoms with Gasteiger partial charge in [-0.2, -0.15) is 5.10 Å². The van der Waals surface area contributed by atoms with Gasteiger partial charge in [-0.15, -0.1) is 11.3 Å². The smallest absolute Gasteiger partial charge is 0.177 e. The molecule has 2 aliphatic heterocycles. The zero-order valence-electron chi connectivity index (χ0n) is 17.4. The van der Waals surface area contributed by atoms with Crippen LogP contribution in [0.5, 0.6) is 0 Å². The maximum Gasteiger partial charge on any atom is 0.177 e. The van der Waals surface area contributed by atoms with Crippen LogP contribution in [0.3, 0.4) is 0 Å². The topological polar surface area (TPSA) is 94.8 Å². The second kappa shape index (κ2) is 6.88. The lowest BCUT2D eigenvalue weighted by Crippen LogP contribution is -2.38. The highest BCUT2D eigenvalue weighted by Crippen LogP contribution is 2.41. The number of hydrogen-bond donors (Lipinski definition) is 2. The second-order valence-corrected chi connectivity index (χ2v) is 9.82. The Kier molecular flexibility index (Phi) is 3.95. The fourth-order valence-corrected chi connectivity index (χ4v) is 6.31. The number of furan rings is 1. The van der Waals surface area contributed by atoms with E-state index >= 15 is 0 Å². The van der Waals surface area contributed by atoms with E-state index < -0.39 is 0 Å². The third-order valence-corrected chi connectivity index (χ3v) is 7.90. The average Bonchev–Trinajstić information content (AvgIpc) is 3.59. The number of pyridine rings is 2. The number of hydrogen-bond acceptors (Lipinski definition) is 7. The summed E-state index contributed by atoms with van der Waals surface area (Å²) < 4.78 is 9.51. The van der Waals surface area contributed by atoms with Crippen molar-refractivity contribution in [3.63, 3.8) is 0 Å². The second-order valence-electron chi connectivity index (χ2n) is 8.90. The fraction of sp³-hybridized carbons (Fsp3) is 0.292. The summed E-state index contributed by atoms with van der Waals surface area (Å²) in [6.07, 6.45) is 14.5. The summed E-state index contributed by atoms with van der Waals surface area (Å²) in [5, 5.41) is 12.6. The Morgan fingerprint density at radius 3 is 2.84 bits per heavy atom. The van der Waals surface area contributed by atoms with Gasteiger partial charge in [-0.1, -0.05) is 0 Å². The Balaban J connectivity index is 1.31. The van der Waals surface area contributed by atoms with Crippen LogP contribution in [0, 0.1) is 0 Å². The van der Waals surface area contributed by atoms with Crippen LogP contribution in [0.1, 0.15) is 31.7 Å². The Bertz CT molecular complexity index is 1450. The molecule has 0 aromatic carbocycles. The highest BCUT2D eigenvalue weighted by atomic mass is 32.1. The Morgan fingerprint density at radius 1 is 1.09 bits per heavy atom. The maximum absolute atomic E-state index is 6.24. The molecular formula is C24H22N6OS. The monoisotopic (exact) mass is 442 g/mol. The maximum atomic E-state index is 6.24. The number of piperidine rings is 1. The molecule has 7 nitrogen and oxygen atoms in total. The van der Waals surface area contributed by atoms with Crippen molar-refractivity contribution in [2.24, 2.45) is 0 Å². The van der Waals surface area contributed by atoms with Gasteiger partial charge in [-0.3, -0.25) is 9.67 Å². The van der Waals surface area contributed by atoms with Crippen LogP contribution in [0.4, 0.5) is 5.82 Å². The quantitative estimate of drug-likeness (QED) is 0.408. The number of thiophene rings is 1. The Hall–Kier alpha value is -3.23. The van der Waals surface area contributed by atoms with Gasteiger partial charge in [0.25, 0.3) is 0 Å². The number of anilines is 1. The van der Waals surface area contributed by atoms with Gasteiger partial charge >= 0.3 is 0 Å². The number of nitrogens with two attached hydrogens (primary N) is 1. The molecule has 2 atom stereocenters. The van der Waals surface area contributed by atoms with Crippen molar-refractivity contribution in [1.29, 1.82) is 0 Å². The molecule has 32 heavy (non-hydrogen) atoms. The molecule has 0 spiro atoms. The van der Waals surface area contributed by atoms with Gasteiger partial charge in [0, 0.05) is 69.7 Å². The van der Waals surface area contributed by atoms with Crippen molar-refractivity contribution in [3.05, 3.63) is 48.5 Å². The Morgan fingerprint density at radius 2 is 1.97 bits per heavy atom. The molecule has 2 aliphatic rings. The summed E-state index contributed by atoms with van der Waals surface area (Å²) in [5.41, 5.74) is 9.91. The van der Waals surface area contributed by atoms with Crippen molar-refractivity contribution in [3.8, 4) is 22.5 Å². The standard InChI is InChI=1S/C24H22N6OS/c25-24-23-18(7-21(31-23)20-12-32-22-10-26-4-3-17(20)22)19(9-27-24)13-8-28-30(11-13)16-5-14-1-2-15(6-16)29-14/h3-4,7-12,14-16,29H,1-2,5-6H2,(H2,25,27). The van der Waals surface area contributed by atoms with Gasteiger partial charge in [0.2, 0.25) is 0 Å². The minimum absolute atomic E-state index is 0.401. The van der Waals surface area contributed by atoms with Gasteiger partial charge in [0.15, 0.2) is 11.4 Å². The van der Waals surface area contributed by atoms with Crippen LogP contribution < -0.4 is 11.1 Å². The summed E-state index contributed by atoms with van der Waals surface area (Å²) in [4.78, 5) is 8.65. The van der Waals surface area contributed by atoms with E-state index in [4.69, 9.17) is 15.2 Å². The summed E-state index contributed by atoms with van der Waals surface area (Å²) in [6.45, 7) is 0. The molecule has 5 aromatic rings. The predicted octanol–water partition coefficient (Wildman–Crippen LogP) is 5.01. The Labute approximate surface area is 188 Å². The first-order chi connectivity index (χ1) is 15.7. The van der Waals surface area contributed by atoms with Gasteiger partial charge in [0.1, 0.15) is 5.76 Å². The molecule has 160 valence electrons. The molecule has 2 unspecified atom stereocenters. The lowest BCUT2D eigenvalue weighted by Gasteiger charge is -2.29. The normalized spacial score (nSPS) is 22.8. The van der Waals surface area contributed by atoms with E-state index in [0.717, 1.165) is 50.8 Å². The summed E-state index contributed by atoms with van der Waals surface area (Å²) >= 11 is 1.66. The predicted molar refractivity (Wildman–Crippen MR) is 126 cm³/mol. The molecule has 2 fully saturated rings. The van der Waals surface area contributed by atoms with E-state index in [1.807, 2.05) is 30.9 Å². The van der Waals surface area contributed by atoms with Crippen LogP contribution in [-0.4, -0.2) is 31.8 Å². The van der Waals surface area contributed by atoms with E-state index in [1.54, 1.807) is 11.3 Å². The summed E-state index contributed by atoms with van der Waals surface area (Å²) in [5.74, 6) is 1.19. The van der Waals surface area contributed by atoms with E-state index in [0.29, 0.717) is 29.5 Å². The summed E-state index contributed by atoms with van der Waals surface area (Å²) in [6, 6.07) is 5.80.